The van der Waals surface area contributed by atoms with Gasteiger partial charge in [-0.3, -0.25) is 0 Å². The number of hydrogen-bond acceptors (Lipinski definition) is 2. The van der Waals surface area contributed by atoms with Gasteiger partial charge in [0.1, 0.15) is 5.82 Å². The van der Waals surface area contributed by atoms with E-state index in [1.54, 1.807) is 13.0 Å². The molecule has 1 aliphatic carbocycles. The van der Waals surface area contributed by atoms with Gasteiger partial charge in [0.05, 0.1) is 11.5 Å². The van der Waals surface area contributed by atoms with Gasteiger partial charge in [0.15, 0.2) is 0 Å². The fraction of sp³-hybridized carbons (Fsp3) is 0.462. The first-order valence-electron chi connectivity index (χ1n) is 5.62. The number of halogens is 2. The molecule has 0 heterocycles. The summed E-state index contributed by atoms with van der Waals surface area (Å²) in [5, 5.41) is 9.66. The van der Waals surface area contributed by atoms with E-state index < -0.39 is 11.5 Å². The Morgan fingerprint density at radius 2 is 2.18 bits per heavy atom. The lowest BCUT2D eigenvalue weighted by Crippen LogP contribution is -2.39. The quantitative estimate of drug-likeness (QED) is 0.876. The average Bonchev–Trinajstić information content (AvgIpc) is 2.22. The van der Waals surface area contributed by atoms with E-state index in [1.165, 1.54) is 6.07 Å². The number of rotatable bonds is 2. The van der Waals surface area contributed by atoms with E-state index in [0.717, 1.165) is 19.3 Å². The average molecular weight is 253 g/mol. The van der Waals surface area contributed by atoms with Gasteiger partial charge in [-0.05, 0) is 43.0 Å². The highest BCUT2D eigenvalue weighted by atomic mass is 35.5. The standard InChI is InChI=1S/C13H14ClFN2/c1-8-5-10(14)9(6-11(8)15)12(17)13(7-16)3-2-4-13/h5-6,12H,2-4,17H2,1H3. The molecule has 2 rings (SSSR count). The van der Waals surface area contributed by atoms with E-state index in [0.29, 0.717) is 16.1 Å². The minimum Gasteiger partial charge on any atom is -0.323 e. The molecule has 1 aromatic rings. The molecule has 17 heavy (non-hydrogen) atoms. The molecule has 90 valence electrons. The molecule has 0 bridgehead atoms. The van der Waals surface area contributed by atoms with Crippen molar-refractivity contribution >= 4 is 11.6 Å². The first-order chi connectivity index (χ1) is 8.00. The van der Waals surface area contributed by atoms with E-state index in [2.05, 4.69) is 6.07 Å². The van der Waals surface area contributed by atoms with Gasteiger partial charge in [0, 0.05) is 11.1 Å². The van der Waals surface area contributed by atoms with Crippen molar-refractivity contribution in [3.05, 3.63) is 34.1 Å². The summed E-state index contributed by atoms with van der Waals surface area (Å²) in [5.74, 6) is -0.327. The van der Waals surface area contributed by atoms with Crippen LogP contribution in [0.5, 0.6) is 0 Å². The Hall–Kier alpha value is -1.11. The van der Waals surface area contributed by atoms with Crippen molar-refractivity contribution in [2.24, 2.45) is 11.1 Å². The monoisotopic (exact) mass is 252 g/mol. The molecule has 0 aliphatic heterocycles. The van der Waals surface area contributed by atoms with Crippen molar-refractivity contribution in [1.82, 2.24) is 0 Å². The predicted molar refractivity (Wildman–Crippen MR) is 65.0 cm³/mol. The summed E-state index contributed by atoms with van der Waals surface area (Å²) in [6.45, 7) is 1.65. The lowest BCUT2D eigenvalue weighted by molar-refractivity contribution is 0.169. The highest BCUT2D eigenvalue weighted by molar-refractivity contribution is 6.31. The second-order valence-electron chi connectivity index (χ2n) is 4.72. The fourth-order valence-electron chi connectivity index (χ4n) is 2.25. The molecule has 2 nitrogen and oxygen atoms in total. The topological polar surface area (TPSA) is 49.8 Å². The van der Waals surface area contributed by atoms with Crippen LogP contribution >= 0.6 is 11.6 Å². The van der Waals surface area contributed by atoms with E-state index >= 15 is 0 Å². The lowest BCUT2D eigenvalue weighted by atomic mass is 9.63. The van der Waals surface area contributed by atoms with Crippen LogP contribution in [0.3, 0.4) is 0 Å². The normalized spacial score (nSPS) is 19.2. The minimum absolute atomic E-state index is 0.327. The summed E-state index contributed by atoms with van der Waals surface area (Å²) < 4.78 is 13.5. The highest BCUT2D eigenvalue weighted by Crippen LogP contribution is 2.49. The third kappa shape index (κ3) is 1.92. The third-order valence-electron chi connectivity index (χ3n) is 3.68. The Balaban J connectivity index is 2.41. The molecule has 1 unspecified atom stereocenters. The number of hydrogen-bond donors (Lipinski definition) is 1. The van der Waals surface area contributed by atoms with E-state index in [-0.39, 0.29) is 5.82 Å². The van der Waals surface area contributed by atoms with E-state index in [1.807, 2.05) is 0 Å². The lowest BCUT2D eigenvalue weighted by Gasteiger charge is -2.40. The van der Waals surface area contributed by atoms with Crippen LogP contribution in [0.15, 0.2) is 12.1 Å². The summed E-state index contributed by atoms with van der Waals surface area (Å²) in [6.07, 6.45) is 2.51. The largest absolute Gasteiger partial charge is 0.323 e. The van der Waals surface area contributed by atoms with Crippen LogP contribution in [0, 0.1) is 29.5 Å². The minimum atomic E-state index is -0.564. The van der Waals surface area contributed by atoms with Gasteiger partial charge in [-0.1, -0.05) is 18.0 Å². The summed E-state index contributed by atoms with van der Waals surface area (Å²) >= 11 is 6.08. The Morgan fingerprint density at radius 1 is 1.53 bits per heavy atom. The molecule has 0 aromatic heterocycles. The van der Waals surface area contributed by atoms with Crippen molar-refractivity contribution in [3.63, 3.8) is 0 Å². The molecule has 1 aromatic carbocycles. The summed E-state index contributed by atoms with van der Waals surface area (Å²) in [6, 6.07) is 4.68. The highest BCUT2D eigenvalue weighted by Gasteiger charge is 2.44. The van der Waals surface area contributed by atoms with E-state index in [4.69, 9.17) is 17.3 Å². The van der Waals surface area contributed by atoms with Crippen LogP contribution in [-0.2, 0) is 0 Å². The summed E-state index contributed by atoms with van der Waals surface area (Å²) in [4.78, 5) is 0. The van der Waals surface area contributed by atoms with Gasteiger partial charge in [-0.2, -0.15) is 5.26 Å². The molecule has 0 radical (unpaired) electrons. The van der Waals surface area contributed by atoms with Gasteiger partial charge in [0.2, 0.25) is 0 Å². The molecule has 1 saturated carbocycles. The number of benzene rings is 1. The van der Waals surface area contributed by atoms with Gasteiger partial charge in [0.25, 0.3) is 0 Å². The molecule has 0 amide bonds. The van der Waals surface area contributed by atoms with Gasteiger partial charge in [-0.15, -0.1) is 0 Å². The SMILES string of the molecule is Cc1cc(Cl)c(C(N)C2(C#N)CCC2)cc1F. The van der Waals surface area contributed by atoms with Gasteiger partial charge < -0.3 is 5.73 Å². The Morgan fingerprint density at radius 3 is 2.65 bits per heavy atom. The molecule has 1 atom stereocenters. The summed E-state index contributed by atoms with van der Waals surface area (Å²) in [5.41, 5.74) is 6.56. The van der Waals surface area contributed by atoms with Crippen LogP contribution in [0.25, 0.3) is 0 Å². The number of nitriles is 1. The molecule has 1 fully saturated rings. The van der Waals surface area contributed by atoms with Crippen LogP contribution in [-0.4, -0.2) is 0 Å². The molecule has 0 saturated heterocycles. The number of nitrogens with two attached hydrogens (primary N) is 1. The number of aryl methyl sites for hydroxylation is 1. The van der Waals surface area contributed by atoms with Crippen LogP contribution in [0.4, 0.5) is 4.39 Å². The Labute approximate surface area is 105 Å². The molecule has 4 heteroatoms. The van der Waals surface area contributed by atoms with Crippen LogP contribution in [0.1, 0.15) is 36.4 Å². The van der Waals surface area contributed by atoms with Crippen molar-refractivity contribution < 1.29 is 4.39 Å². The van der Waals surface area contributed by atoms with Gasteiger partial charge in [-0.25, -0.2) is 4.39 Å². The predicted octanol–water partition coefficient (Wildman–Crippen LogP) is 3.48. The third-order valence-corrected chi connectivity index (χ3v) is 4.00. The zero-order chi connectivity index (χ0) is 12.6. The molecule has 2 N–H and O–H groups in total. The maximum absolute atomic E-state index is 13.5. The second kappa shape index (κ2) is 4.29. The Kier molecular flexibility index (Phi) is 3.11. The van der Waals surface area contributed by atoms with Crippen molar-refractivity contribution in [1.29, 1.82) is 5.26 Å². The molecule has 1 aliphatic rings. The maximum atomic E-state index is 13.5. The van der Waals surface area contributed by atoms with Crippen molar-refractivity contribution in [3.8, 4) is 6.07 Å². The molecule has 0 spiro atoms. The zero-order valence-electron chi connectivity index (χ0n) is 9.63. The second-order valence-corrected chi connectivity index (χ2v) is 5.13. The van der Waals surface area contributed by atoms with E-state index in [9.17, 15) is 9.65 Å². The smallest absolute Gasteiger partial charge is 0.126 e. The Bertz CT molecular complexity index is 489. The molecular formula is C13H14ClFN2. The van der Waals surface area contributed by atoms with Crippen LogP contribution < -0.4 is 5.73 Å². The summed E-state index contributed by atoms with van der Waals surface area (Å²) in [7, 11) is 0. The van der Waals surface area contributed by atoms with Gasteiger partial charge >= 0.3 is 0 Å². The fourth-order valence-corrected chi connectivity index (χ4v) is 2.58. The zero-order valence-corrected chi connectivity index (χ0v) is 10.4. The first kappa shape index (κ1) is 12.3. The first-order valence-corrected chi connectivity index (χ1v) is 6.00. The van der Waals surface area contributed by atoms with Crippen molar-refractivity contribution in [2.45, 2.75) is 32.2 Å². The van der Waals surface area contributed by atoms with Crippen molar-refractivity contribution in [2.75, 3.05) is 0 Å². The molecular weight excluding hydrogens is 239 g/mol. The maximum Gasteiger partial charge on any atom is 0.126 e. The van der Waals surface area contributed by atoms with Crippen LogP contribution in [0.2, 0.25) is 5.02 Å². The number of nitrogens with zero attached hydrogens (tertiary/aromatic N) is 1.